The Balaban J connectivity index is 2.12. The Labute approximate surface area is 92.1 Å². The molecule has 0 amide bonds. The molecule has 0 radical (unpaired) electrons. The fourth-order valence-corrected chi connectivity index (χ4v) is 2.51. The highest BCUT2D eigenvalue weighted by Gasteiger charge is 2.24. The molecule has 0 atom stereocenters. The molecule has 0 spiro atoms. The molecule has 0 saturated heterocycles. The molecule has 2 N–H and O–H groups in total. The molecule has 1 saturated carbocycles. The van der Waals surface area contributed by atoms with Gasteiger partial charge in [0.15, 0.2) is 5.65 Å². The SMILES string of the molecule is c1cc2c(n1)nc(C1CCC1)c1[nH][nH]cc12. The molecule has 80 valence electrons. The average Bonchev–Trinajstić information content (AvgIpc) is 2.80. The first-order valence-electron chi connectivity index (χ1n) is 5.73. The smallest absolute Gasteiger partial charge is 0.160 e. The van der Waals surface area contributed by atoms with Crippen LogP contribution in [0.3, 0.4) is 0 Å². The minimum atomic E-state index is 0.621. The van der Waals surface area contributed by atoms with Gasteiger partial charge in [0.1, 0.15) is 0 Å². The Kier molecular flexibility index (Phi) is 1.48. The van der Waals surface area contributed by atoms with Gasteiger partial charge in [-0.2, -0.15) is 0 Å². The number of hydrogen-bond acceptors (Lipinski definition) is 2. The second kappa shape index (κ2) is 2.84. The number of hydrogen-bond donors (Lipinski definition) is 2. The lowest BCUT2D eigenvalue weighted by Gasteiger charge is -2.25. The van der Waals surface area contributed by atoms with E-state index < -0.39 is 0 Å². The van der Waals surface area contributed by atoms with Crippen molar-refractivity contribution in [1.82, 2.24) is 20.2 Å². The third-order valence-corrected chi connectivity index (χ3v) is 3.63. The molecule has 16 heavy (non-hydrogen) atoms. The predicted octanol–water partition coefficient (Wildman–Crippen LogP) is 2.71. The van der Waals surface area contributed by atoms with E-state index in [2.05, 4.69) is 15.2 Å². The number of pyridine rings is 1. The van der Waals surface area contributed by atoms with Gasteiger partial charge in [-0.25, -0.2) is 9.97 Å². The summed E-state index contributed by atoms with van der Waals surface area (Å²) in [5, 5.41) is 8.62. The van der Waals surface area contributed by atoms with Crippen LogP contribution in [0.2, 0.25) is 0 Å². The molecule has 0 unspecified atom stereocenters. The Morgan fingerprint density at radius 1 is 1.25 bits per heavy atom. The highest BCUT2D eigenvalue weighted by atomic mass is 15.1. The third-order valence-electron chi connectivity index (χ3n) is 3.63. The zero-order chi connectivity index (χ0) is 10.5. The second-order valence-corrected chi connectivity index (χ2v) is 4.51. The molecule has 0 aliphatic heterocycles. The van der Waals surface area contributed by atoms with E-state index in [1.807, 2.05) is 18.5 Å². The summed E-state index contributed by atoms with van der Waals surface area (Å²) in [5.74, 6) is 0.621. The summed E-state index contributed by atoms with van der Waals surface area (Å²) < 4.78 is 0. The minimum Gasteiger partial charge on any atom is -0.307 e. The number of nitrogens with zero attached hydrogens (tertiary/aromatic N) is 2. The van der Waals surface area contributed by atoms with E-state index in [1.54, 1.807) is 0 Å². The van der Waals surface area contributed by atoms with Crippen LogP contribution in [-0.4, -0.2) is 20.2 Å². The summed E-state index contributed by atoms with van der Waals surface area (Å²) in [7, 11) is 0. The van der Waals surface area contributed by atoms with E-state index in [-0.39, 0.29) is 0 Å². The van der Waals surface area contributed by atoms with E-state index in [0.29, 0.717) is 5.92 Å². The Bertz CT molecular complexity index is 660. The van der Waals surface area contributed by atoms with Crippen molar-refractivity contribution >= 4 is 21.9 Å². The van der Waals surface area contributed by atoms with Gasteiger partial charge >= 0.3 is 0 Å². The van der Waals surface area contributed by atoms with Crippen molar-refractivity contribution in [1.29, 1.82) is 0 Å². The number of H-pyrrole nitrogens is 2. The fraction of sp³-hybridized carbons (Fsp3) is 0.333. The molecule has 3 heterocycles. The minimum absolute atomic E-state index is 0.621. The van der Waals surface area contributed by atoms with Crippen LogP contribution in [-0.2, 0) is 0 Å². The third kappa shape index (κ3) is 0.939. The van der Waals surface area contributed by atoms with Gasteiger partial charge in [0.05, 0.1) is 11.2 Å². The van der Waals surface area contributed by atoms with Crippen LogP contribution in [0.15, 0.2) is 18.5 Å². The van der Waals surface area contributed by atoms with Crippen molar-refractivity contribution in [2.45, 2.75) is 25.2 Å². The van der Waals surface area contributed by atoms with Gasteiger partial charge < -0.3 is 5.10 Å². The van der Waals surface area contributed by atoms with Gasteiger partial charge in [-0.05, 0) is 18.9 Å². The lowest BCUT2D eigenvalue weighted by atomic mass is 9.82. The highest BCUT2D eigenvalue weighted by Crippen LogP contribution is 2.39. The quantitative estimate of drug-likeness (QED) is 0.651. The Morgan fingerprint density at radius 3 is 3.00 bits per heavy atom. The van der Waals surface area contributed by atoms with Crippen LogP contribution in [0.1, 0.15) is 30.9 Å². The van der Waals surface area contributed by atoms with Crippen LogP contribution in [0.25, 0.3) is 21.9 Å². The van der Waals surface area contributed by atoms with Crippen molar-refractivity contribution in [2.75, 3.05) is 0 Å². The van der Waals surface area contributed by atoms with Gasteiger partial charge in [0, 0.05) is 29.1 Å². The number of aromatic amines is 2. The van der Waals surface area contributed by atoms with E-state index in [0.717, 1.165) is 16.6 Å². The first-order chi connectivity index (χ1) is 7.93. The van der Waals surface area contributed by atoms with Crippen LogP contribution in [0, 0.1) is 0 Å². The van der Waals surface area contributed by atoms with Crippen LogP contribution < -0.4 is 0 Å². The first kappa shape index (κ1) is 8.33. The summed E-state index contributed by atoms with van der Waals surface area (Å²) >= 11 is 0. The fourth-order valence-electron chi connectivity index (χ4n) is 2.51. The molecule has 4 rings (SSSR count). The standard InChI is InChI=1S/C12H12N4/c1-2-7(3-1)10-11-9(6-14-16-11)8-4-5-13-12(8)15-10/h4-7,14,16H,1-3H2. The first-order valence-corrected chi connectivity index (χ1v) is 5.73. The molecule has 1 fully saturated rings. The summed E-state index contributed by atoms with van der Waals surface area (Å²) in [5.41, 5.74) is 3.22. The van der Waals surface area contributed by atoms with Crippen molar-refractivity contribution in [3.63, 3.8) is 0 Å². The zero-order valence-electron chi connectivity index (χ0n) is 8.83. The van der Waals surface area contributed by atoms with E-state index in [4.69, 9.17) is 4.98 Å². The van der Waals surface area contributed by atoms with Gasteiger partial charge in [-0.1, -0.05) is 6.42 Å². The predicted molar refractivity (Wildman–Crippen MR) is 62.3 cm³/mol. The van der Waals surface area contributed by atoms with Crippen molar-refractivity contribution in [3.8, 4) is 0 Å². The molecule has 4 nitrogen and oxygen atoms in total. The van der Waals surface area contributed by atoms with Crippen molar-refractivity contribution in [2.24, 2.45) is 0 Å². The average molecular weight is 212 g/mol. The topological polar surface area (TPSA) is 57.4 Å². The van der Waals surface area contributed by atoms with Crippen LogP contribution in [0.5, 0.6) is 0 Å². The number of rotatable bonds is 1. The molecule has 3 aromatic rings. The van der Waals surface area contributed by atoms with E-state index in [9.17, 15) is 0 Å². The maximum absolute atomic E-state index is 4.70. The monoisotopic (exact) mass is 212 g/mol. The lowest BCUT2D eigenvalue weighted by Crippen LogP contribution is -2.11. The highest BCUT2D eigenvalue weighted by molar-refractivity contribution is 6.04. The van der Waals surface area contributed by atoms with Gasteiger partial charge in [-0.15, -0.1) is 0 Å². The maximum Gasteiger partial charge on any atom is 0.160 e. The second-order valence-electron chi connectivity index (χ2n) is 4.51. The number of fused-ring (bicyclic) bond motifs is 3. The summed E-state index contributed by atoms with van der Waals surface area (Å²) in [6.07, 6.45) is 7.67. The summed E-state index contributed by atoms with van der Waals surface area (Å²) in [6.45, 7) is 0. The lowest BCUT2D eigenvalue weighted by molar-refractivity contribution is 0.414. The van der Waals surface area contributed by atoms with Crippen molar-refractivity contribution < 1.29 is 0 Å². The van der Waals surface area contributed by atoms with Crippen LogP contribution >= 0.6 is 0 Å². The molecule has 1 aliphatic rings. The van der Waals surface area contributed by atoms with Crippen molar-refractivity contribution in [3.05, 3.63) is 24.2 Å². The Hall–Kier alpha value is -1.84. The van der Waals surface area contributed by atoms with E-state index >= 15 is 0 Å². The van der Waals surface area contributed by atoms with Gasteiger partial charge in [0.25, 0.3) is 0 Å². The zero-order valence-corrected chi connectivity index (χ0v) is 8.83. The normalized spacial score (nSPS) is 17.0. The molecule has 0 bridgehead atoms. The Morgan fingerprint density at radius 2 is 2.19 bits per heavy atom. The molecule has 0 aromatic carbocycles. The van der Waals surface area contributed by atoms with Crippen LogP contribution in [0.4, 0.5) is 0 Å². The number of aromatic nitrogens is 4. The van der Waals surface area contributed by atoms with Gasteiger partial charge in [-0.3, -0.25) is 5.10 Å². The molecular formula is C12H12N4. The number of nitrogens with one attached hydrogen (secondary N) is 2. The van der Waals surface area contributed by atoms with E-state index in [1.165, 1.54) is 30.3 Å². The van der Waals surface area contributed by atoms with Gasteiger partial charge in [0.2, 0.25) is 0 Å². The summed E-state index contributed by atoms with van der Waals surface area (Å²) in [6, 6.07) is 2.02. The molecular weight excluding hydrogens is 200 g/mol. The molecule has 1 aliphatic carbocycles. The molecule has 3 aromatic heterocycles. The largest absolute Gasteiger partial charge is 0.307 e. The summed E-state index contributed by atoms with van der Waals surface area (Å²) in [4.78, 5) is 9.01. The molecule has 4 heteroatoms. The maximum atomic E-state index is 4.70.